The van der Waals surface area contributed by atoms with Crippen LogP contribution in [0.25, 0.3) is 6.08 Å². The van der Waals surface area contributed by atoms with Crippen molar-refractivity contribution in [1.82, 2.24) is 0 Å². The van der Waals surface area contributed by atoms with Crippen molar-refractivity contribution < 1.29 is 28.5 Å². The highest BCUT2D eigenvalue weighted by atomic mass is 16.7. The molecule has 130 valence electrons. The number of benzene rings is 2. The molecule has 2 aromatic rings. The lowest BCUT2D eigenvalue weighted by atomic mass is 10.1. The summed E-state index contributed by atoms with van der Waals surface area (Å²) in [6.45, 7) is 0.172. The summed E-state index contributed by atoms with van der Waals surface area (Å²) < 4.78 is 26.5. The molecule has 0 saturated carbocycles. The molecule has 0 saturated heterocycles. The zero-order valence-corrected chi connectivity index (χ0v) is 14.2. The second-order valence-corrected chi connectivity index (χ2v) is 5.19. The molecule has 0 unspecified atom stereocenters. The van der Waals surface area contributed by atoms with Crippen molar-refractivity contribution in [3.05, 3.63) is 47.5 Å². The van der Waals surface area contributed by atoms with Crippen LogP contribution in [0.1, 0.15) is 15.9 Å². The molecule has 0 aromatic heterocycles. The molecule has 0 aliphatic carbocycles. The van der Waals surface area contributed by atoms with Crippen molar-refractivity contribution in [2.75, 3.05) is 28.1 Å². The summed E-state index contributed by atoms with van der Waals surface area (Å²) in [4.78, 5) is 12.4. The van der Waals surface area contributed by atoms with Crippen LogP contribution < -0.4 is 23.7 Å². The maximum atomic E-state index is 12.4. The lowest BCUT2D eigenvalue weighted by Crippen LogP contribution is -1.97. The summed E-state index contributed by atoms with van der Waals surface area (Å²) in [7, 11) is 4.62. The Morgan fingerprint density at radius 2 is 1.72 bits per heavy atom. The predicted octanol–water partition coefficient (Wildman–Crippen LogP) is 3.34. The van der Waals surface area contributed by atoms with Gasteiger partial charge in [0, 0.05) is 11.1 Å². The van der Waals surface area contributed by atoms with Gasteiger partial charge in [0.1, 0.15) is 0 Å². The van der Waals surface area contributed by atoms with Gasteiger partial charge in [-0.3, -0.25) is 4.79 Å². The van der Waals surface area contributed by atoms with E-state index in [1.54, 1.807) is 43.5 Å². The first-order valence-electron chi connectivity index (χ1n) is 7.59. The van der Waals surface area contributed by atoms with Crippen LogP contribution in [-0.4, -0.2) is 33.9 Å². The second-order valence-electron chi connectivity index (χ2n) is 5.19. The van der Waals surface area contributed by atoms with Crippen LogP contribution in [0.3, 0.4) is 0 Å². The van der Waals surface area contributed by atoms with Crippen LogP contribution in [-0.2, 0) is 0 Å². The quantitative estimate of drug-likeness (QED) is 0.593. The molecule has 3 rings (SSSR count). The van der Waals surface area contributed by atoms with E-state index in [0.29, 0.717) is 39.9 Å². The zero-order valence-electron chi connectivity index (χ0n) is 14.2. The Morgan fingerprint density at radius 1 is 0.960 bits per heavy atom. The summed E-state index contributed by atoms with van der Waals surface area (Å²) in [5, 5.41) is 0. The van der Waals surface area contributed by atoms with Crippen LogP contribution in [0.15, 0.2) is 36.4 Å². The molecule has 0 N–H and O–H groups in total. The largest absolute Gasteiger partial charge is 0.493 e. The van der Waals surface area contributed by atoms with E-state index in [9.17, 15) is 4.79 Å². The van der Waals surface area contributed by atoms with E-state index >= 15 is 0 Å². The van der Waals surface area contributed by atoms with E-state index in [1.165, 1.54) is 20.3 Å². The summed E-state index contributed by atoms with van der Waals surface area (Å²) >= 11 is 0. The fourth-order valence-corrected chi connectivity index (χ4v) is 2.57. The third-order valence-electron chi connectivity index (χ3n) is 3.81. The Hall–Kier alpha value is -3.15. The number of fused-ring (bicyclic) bond motifs is 1. The van der Waals surface area contributed by atoms with Gasteiger partial charge in [-0.25, -0.2) is 0 Å². The van der Waals surface area contributed by atoms with Gasteiger partial charge in [0.2, 0.25) is 12.5 Å². The normalized spacial score (nSPS) is 12.3. The highest BCUT2D eigenvalue weighted by Gasteiger charge is 2.16. The number of hydrogen-bond acceptors (Lipinski definition) is 6. The predicted molar refractivity (Wildman–Crippen MR) is 92.0 cm³/mol. The van der Waals surface area contributed by atoms with Gasteiger partial charge in [-0.1, -0.05) is 0 Å². The molecule has 6 nitrogen and oxygen atoms in total. The Labute approximate surface area is 145 Å². The van der Waals surface area contributed by atoms with Gasteiger partial charge < -0.3 is 23.7 Å². The second kappa shape index (κ2) is 7.17. The lowest BCUT2D eigenvalue weighted by Gasteiger charge is -2.13. The van der Waals surface area contributed by atoms with Gasteiger partial charge in [0.05, 0.1) is 21.3 Å². The standard InChI is InChI=1S/C19H18O6/c1-21-16-9-5-12(18(22-2)19(16)23-3)4-7-14(20)13-6-8-15-17(10-13)25-11-24-15/h4-10H,11H2,1-3H3. The van der Waals surface area contributed by atoms with Gasteiger partial charge in [0.15, 0.2) is 28.8 Å². The van der Waals surface area contributed by atoms with Crippen molar-refractivity contribution in [2.24, 2.45) is 0 Å². The van der Waals surface area contributed by atoms with E-state index in [2.05, 4.69) is 0 Å². The average Bonchev–Trinajstić information content (AvgIpc) is 3.12. The van der Waals surface area contributed by atoms with E-state index in [4.69, 9.17) is 23.7 Å². The van der Waals surface area contributed by atoms with Crippen molar-refractivity contribution in [3.63, 3.8) is 0 Å². The number of methoxy groups -OCH3 is 3. The molecule has 6 heteroatoms. The van der Waals surface area contributed by atoms with Crippen molar-refractivity contribution in [2.45, 2.75) is 0 Å². The molecule has 0 radical (unpaired) electrons. The lowest BCUT2D eigenvalue weighted by molar-refractivity contribution is 0.104. The van der Waals surface area contributed by atoms with Crippen molar-refractivity contribution >= 4 is 11.9 Å². The Morgan fingerprint density at radius 3 is 2.44 bits per heavy atom. The van der Waals surface area contributed by atoms with Crippen LogP contribution in [0.4, 0.5) is 0 Å². The van der Waals surface area contributed by atoms with Crippen LogP contribution in [0, 0.1) is 0 Å². The molecule has 1 aliphatic rings. The minimum absolute atomic E-state index is 0.157. The molecule has 0 fully saturated rings. The van der Waals surface area contributed by atoms with E-state index in [-0.39, 0.29) is 12.6 Å². The van der Waals surface area contributed by atoms with Crippen molar-refractivity contribution in [3.8, 4) is 28.7 Å². The number of ether oxygens (including phenoxy) is 5. The highest BCUT2D eigenvalue weighted by molar-refractivity contribution is 6.07. The molecule has 0 spiro atoms. The Balaban J connectivity index is 1.87. The third kappa shape index (κ3) is 3.24. The molecule has 0 bridgehead atoms. The first kappa shape index (κ1) is 16.7. The summed E-state index contributed by atoms with van der Waals surface area (Å²) in [6.07, 6.45) is 3.15. The maximum absolute atomic E-state index is 12.4. The number of allylic oxidation sites excluding steroid dienone is 1. The third-order valence-corrected chi connectivity index (χ3v) is 3.81. The summed E-state index contributed by atoms with van der Waals surface area (Å²) in [5.41, 5.74) is 1.22. The molecule has 0 amide bonds. The fourth-order valence-electron chi connectivity index (χ4n) is 2.57. The van der Waals surface area contributed by atoms with Crippen LogP contribution >= 0.6 is 0 Å². The summed E-state index contributed by atoms with van der Waals surface area (Å²) in [5.74, 6) is 2.58. The first-order chi connectivity index (χ1) is 12.2. The minimum atomic E-state index is -0.157. The summed E-state index contributed by atoms with van der Waals surface area (Å²) in [6, 6.07) is 8.64. The number of hydrogen-bond donors (Lipinski definition) is 0. The van der Waals surface area contributed by atoms with Gasteiger partial charge >= 0.3 is 0 Å². The molecule has 2 aromatic carbocycles. The number of rotatable bonds is 6. The zero-order chi connectivity index (χ0) is 17.8. The van der Waals surface area contributed by atoms with Gasteiger partial charge in [-0.2, -0.15) is 0 Å². The molecule has 1 aliphatic heterocycles. The fraction of sp³-hybridized carbons (Fsp3) is 0.211. The monoisotopic (exact) mass is 342 g/mol. The van der Waals surface area contributed by atoms with Gasteiger partial charge in [-0.15, -0.1) is 0 Å². The van der Waals surface area contributed by atoms with E-state index in [1.807, 2.05) is 0 Å². The average molecular weight is 342 g/mol. The minimum Gasteiger partial charge on any atom is -0.493 e. The molecule has 25 heavy (non-hydrogen) atoms. The van der Waals surface area contributed by atoms with Crippen molar-refractivity contribution in [1.29, 1.82) is 0 Å². The highest BCUT2D eigenvalue weighted by Crippen LogP contribution is 2.40. The first-order valence-corrected chi connectivity index (χ1v) is 7.59. The van der Waals surface area contributed by atoms with Crippen LogP contribution in [0.2, 0.25) is 0 Å². The molecule has 0 atom stereocenters. The molecular weight excluding hydrogens is 324 g/mol. The SMILES string of the molecule is COc1ccc(C=CC(=O)c2ccc3c(c2)OCO3)c(OC)c1OC. The van der Waals surface area contributed by atoms with Gasteiger partial charge in [-0.05, 0) is 42.5 Å². The number of carbonyl (C=O) groups excluding carboxylic acids is 1. The molecule has 1 heterocycles. The van der Waals surface area contributed by atoms with Gasteiger partial charge in [0.25, 0.3) is 0 Å². The number of carbonyl (C=O) groups is 1. The number of ketones is 1. The molecular formula is C19H18O6. The van der Waals surface area contributed by atoms with E-state index in [0.717, 1.165) is 0 Å². The maximum Gasteiger partial charge on any atom is 0.231 e. The smallest absolute Gasteiger partial charge is 0.231 e. The van der Waals surface area contributed by atoms with E-state index < -0.39 is 0 Å². The topological polar surface area (TPSA) is 63.2 Å². The Bertz CT molecular complexity index is 825. The van der Waals surface area contributed by atoms with Crippen LogP contribution in [0.5, 0.6) is 28.7 Å². The Kier molecular flexibility index (Phi) is 4.79.